The van der Waals surface area contributed by atoms with Gasteiger partial charge in [0.1, 0.15) is 17.5 Å². The van der Waals surface area contributed by atoms with E-state index in [9.17, 15) is 20.0 Å². The molecule has 1 N–H and O–H groups in total. The summed E-state index contributed by atoms with van der Waals surface area (Å²) in [6.45, 7) is 4.06. The van der Waals surface area contributed by atoms with Gasteiger partial charge < -0.3 is 14.7 Å². The number of nitro groups is 1. The van der Waals surface area contributed by atoms with Crippen molar-refractivity contribution in [1.82, 2.24) is 4.90 Å². The fraction of sp³-hybridized carbons (Fsp3) is 0.421. The van der Waals surface area contributed by atoms with Crippen LogP contribution in [0, 0.1) is 10.1 Å². The molecule has 7 nitrogen and oxygen atoms in total. The number of aliphatic hydroxyl groups excluding tert-OH is 1. The third kappa shape index (κ3) is 2.34. The number of rotatable bonds is 2. The van der Waals surface area contributed by atoms with Crippen LogP contribution in [0.2, 0.25) is 0 Å². The molecule has 0 aromatic heterocycles. The molecule has 1 fully saturated rings. The molecule has 7 heteroatoms. The lowest BCUT2D eigenvalue weighted by Gasteiger charge is -2.45. The molecule has 2 aromatic rings. The number of aliphatic hydroxyl groups is 1. The average molecular weight is 356 g/mol. The van der Waals surface area contributed by atoms with Crippen molar-refractivity contribution in [2.75, 3.05) is 6.54 Å². The summed E-state index contributed by atoms with van der Waals surface area (Å²) in [7, 11) is 0. The molecule has 1 saturated heterocycles. The Kier molecular flexibility index (Phi) is 3.66. The smallest absolute Gasteiger partial charge is 0.277 e. The Labute approximate surface area is 150 Å². The third-order valence-corrected chi connectivity index (χ3v) is 5.34. The first-order valence-electron chi connectivity index (χ1n) is 8.68. The van der Waals surface area contributed by atoms with Crippen LogP contribution in [-0.4, -0.2) is 39.1 Å². The van der Waals surface area contributed by atoms with Crippen LogP contribution < -0.4 is 4.74 Å². The van der Waals surface area contributed by atoms with Gasteiger partial charge in [-0.2, -0.15) is 0 Å². The lowest BCUT2D eigenvalue weighted by Crippen LogP contribution is -2.53. The van der Waals surface area contributed by atoms with Gasteiger partial charge in [-0.1, -0.05) is 18.2 Å². The summed E-state index contributed by atoms with van der Waals surface area (Å²) in [5.74, 6) is 0.458. The van der Waals surface area contributed by atoms with Crippen LogP contribution in [0.4, 0.5) is 5.69 Å². The zero-order chi connectivity index (χ0) is 18.6. The lowest BCUT2D eigenvalue weighted by atomic mass is 9.84. The molecule has 0 aliphatic carbocycles. The van der Waals surface area contributed by atoms with E-state index in [1.807, 2.05) is 0 Å². The molecule has 136 valence electrons. The van der Waals surface area contributed by atoms with E-state index in [4.69, 9.17) is 4.74 Å². The van der Waals surface area contributed by atoms with Gasteiger partial charge in [0.15, 0.2) is 0 Å². The standard InChI is InChI=1S/C19H20N2O5/c1-19(2)18(23)16(20-9-5-8-15(20)22)13-10-14(21(24)25)11-6-3-4-7-12(11)17(13)26-19/h3-4,6-7,10,16,18,23H,5,8-9H2,1-2H3/t16-,18+/m1/s1. The summed E-state index contributed by atoms with van der Waals surface area (Å²) in [5, 5.41) is 23.7. The number of carbonyl (C=O) groups excluding carboxylic acids is 1. The number of nitro benzene ring substituents is 1. The molecule has 2 aliphatic rings. The molecule has 2 aliphatic heterocycles. The van der Waals surface area contributed by atoms with Crippen molar-refractivity contribution in [3.05, 3.63) is 46.0 Å². The Hall–Kier alpha value is -2.67. The maximum Gasteiger partial charge on any atom is 0.277 e. The molecular formula is C19H20N2O5. The van der Waals surface area contributed by atoms with Gasteiger partial charge in [0.2, 0.25) is 5.91 Å². The van der Waals surface area contributed by atoms with E-state index in [0.717, 1.165) is 0 Å². The Morgan fingerprint density at radius 3 is 2.62 bits per heavy atom. The third-order valence-electron chi connectivity index (χ3n) is 5.34. The van der Waals surface area contributed by atoms with Crippen LogP contribution in [0.25, 0.3) is 10.8 Å². The van der Waals surface area contributed by atoms with Crippen LogP contribution in [0.1, 0.15) is 38.3 Å². The summed E-state index contributed by atoms with van der Waals surface area (Å²) in [4.78, 5) is 25.2. The van der Waals surface area contributed by atoms with Gasteiger partial charge in [-0.15, -0.1) is 0 Å². The van der Waals surface area contributed by atoms with Gasteiger partial charge >= 0.3 is 0 Å². The van der Waals surface area contributed by atoms with Crippen molar-refractivity contribution in [3.63, 3.8) is 0 Å². The quantitative estimate of drug-likeness (QED) is 0.660. The molecule has 1 amide bonds. The van der Waals surface area contributed by atoms with E-state index >= 15 is 0 Å². The van der Waals surface area contributed by atoms with E-state index in [0.29, 0.717) is 41.5 Å². The second kappa shape index (κ2) is 5.67. The number of non-ortho nitro benzene ring substituents is 1. The maximum absolute atomic E-state index is 12.4. The van der Waals surface area contributed by atoms with Crippen molar-refractivity contribution >= 4 is 22.4 Å². The molecule has 0 unspecified atom stereocenters. The highest BCUT2D eigenvalue weighted by molar-refractivity contribution is 5.97. The number of hydrogen-bond acceptors (Lipinski definition) is 5. The number of amides is 1. The molecular weight excluding hydrogens is 336 g/mol. The van der Waals surface area contributed by atoms with E-state index in [1.165, 1.54) is 6.07 Å². The van der Waals surface area contributed by atoms with Crippen LogP contribution in [0.5, 0.6) is 5.75 Å². The monoisotopic (exact) mass is 356 g/mol. The molecule has 0 spiro atoms. The molecule has 0 radical (unpaired) electrons. The van der Waals surface area contributed by atoms with Gasteiger partial charge in [-0.25, -0.2) is 0 Å². The van der Waals surface area contributed by atoms with E-state index in [-0.39, 0.29) is 11.6 Å². The molecule has 2 aromatic carbocycles. The number of hydrogen-bond donors (Lipinski definition) is 1. The predicted octanol–water partition coefficient (Wildman–Crippen LogP) is 2.94. The first-order valence-corrected chi connectivity index (χ1v) is 8.68. The Morgan fingerprint density at radius 1 is 1.31 bits per heavy atom. The maximum atomic E-state index is 12.4. The number of benzene rings is 2. The van der Waals surface area contributed by atoms with Crippen LogP contribution in [-0.2, 0) is 4.79 Å². The molecule has 26 heavy (non-hydrogen) atoms. The number of likely N-dealkylation sites (tertiary alicyclic amines) is 1. The second-order valence-corrected chi connectivity index (χ2v) is 7.40. The van der Waals surface area contributed by atoms with Crippen molar-refractivity contribution in [2.45, 2.75) is 44.4 Å². The zero-order valence-corrected chi connectivity index (χ0v) is 14.6. The molecule has 4 rings (SSSR count). The number of fused-ring (bicyclic) bond motifs is 3. The van der Waals surface area contributed by atoms with Gasteiger partial charge in [0, 0.05) is 30.0 Å². The van der Waals surface area contributed by atoms with Crippen LogP contribution in [0.3, 0.4) is 0 Å². The highest BCUT2D eigenvalue weighted by atomic mass is 16.6. The van der Waals surface area contributed by atoms with Crippen molar-refractivity contribution in [3.8, 4) is 5.75 Å². The van der Waals surface area contributed by atoms with Crippen LogP contribution in [0.15, 0.2) is 30.3 Å². The molecule has 2 atom stereocenters. The first-order chi connectivity index (χ1) is 12.3. The Bertz CT molecular complexity index is 924. The minimum absolute atomic E-state index is 0.0477. The predicted molar refractivity (Wildman–Crippen MR) is 95.0 cm³/mol. The topological polar surface area (TPSA) is 92.9 Å². The number of ether oxygens (including phenoxy) is 1. The fourth-order valence-electron chi connectivity index (χ4n) is 4.01. The Balaban J connectivity index is 2.02. The number of nitrogens with zero attached hydrogens (tertiary/aromatic N) is 2. The Morgan fingerprint density at radius 2 is 2.00 bits per heavy atom. The average Bonchev–Trinajstić information content (AvgIpc) is 3.01. The lowest BCUT2D eigenvalue weighted by molar-refractivity contribution is -0.383. The van der Waals surface area contributed by atoms with E-state index in [2.05, 4.69) is 0 Å². The highest BCUT2D eigenvalue weighted by Gasteiger charge is 2.48. The van der Waals surface area contributed by atoms with Crippen molar-refractivity contribution in [2.24, 2.45) is 0 Å². The normalized spacial score (nSPS) is 24.4. The van der Waals surface area contributed by atoms with Crippen molar-refractivity contribution in [1.29, 1.82) is 0 Å². The molecule has 0 bridgehead atoms. The second-order valence-electron chi connectivity index (χ2n) is 7.40. The fourth-order valence-corrected chi connectivity index (χ4v) is 4.01. The number of carbonyl (C=O) groups is 1. The largest absolute Gasteiger partial charge is 0.484 e. The van der Waals surface area contributed by atoms with Gasteiger partial charge in [-0.3, -0.25) is 14.9 Å². The highest BCUT2D eigenvalue weighted by Crippen LogP contribution is 2.49. The zero-order valence-electron chi connectivity index (χ0n) is 14.6. The molecule has 2 heterocycles. The molecule has 0 saturated carbocycles. The van der Waals surface area contributed by atoms with E-state index in [1.54, 1.807) is 43.0 Å². The summed E-state index contributed by atoms with van der Waals surface area (Å²) < 4.78 is 6.09. The first kappa shape index (κ1) is 16.8. The van der Waals surface area contributed by atoms with Crippen LogP contribution >= 0.6 is 0 Å². The van der Waals surface area contributed by atoms with Gasteiger partial charge in [-0.05, 0) is 26.3 Å². The summed E-state index contributed by atoms with van der Waals surface area (Å²) in [6, 6.07) is 7.79. The summed E-state index contributed by atoms with van der Waals surface area (Å²) >= 11 is 0. The van der Waals surface area contributed by atoms with Crippen molar-refractivity contribution < 1.29 is 19.6 Å². The van der Waals surface area contributed by atoms with Gasteiger partial charge in [0.25, 0.3) is 5.69 Å². The van der Waals surface area contributed by atoms with E-state index < -0.39 is 22.7 Å². The minimum Gasteiger partial charge on any atom is -0.484 e. The summed E-state index contributed by atoms with van der Waals surface area (Å²) in [5.41, 5.74) is -0.483. The SMILES string of the molecule is CC1(C)Oc2c(cc([N+](=O)[O-])c3ccccc23)[C@@H](N2CCCC2=O)[C@@H]1O. The minimum atomic E-state index is -0.988. The van der Waals surface area contributed by atoms with Gasteiger partial charge in [0.05, 0.1) is 16.4 Å². The summed E-state index contributed by atoms with van der Waals surface area (Å²) in [6.07, 6.45) is 0.155.